The number of anilines is 1. The second-order valence-electron chi connectivity index (χ2n) is 7.31. The van der Waals surface area contributed by atoms with E-state index in [1.807, 2.05) is 67.6 Å². The number of aromatic nitrogens is 3. The van der Waals surface area contributed by atoms with E-state index in [1.54, 1.807) is 20.2 Å². The van der Waals surface area contributed by atoms with E-state index in [4.69, 9.17) is 9.47 Å². The van der Waals surface area contributed by atoms with Crippen LogP contribution in [-0.2, 0) is 6.54 Å². The first-order valence-corrected chi connectivity index (χ1v) is 10.2. The Morgan fingerprint density at radius 2 is 1.72 bits per heavy atom. The van der Waals surface area contributed by atoms with E-state index >= 15 is 0 Å². The first kappa shape index (κ1) is 21.1. The average Bonchev–Trinajstić information content (AvgIpc) is 2.82. The number of hydrogen-bond acceptors (Lipinski definition) is 6. The number of para-hydroxylation sites is 2. The number of pyridine rings is 1. The van der Waals surface area contributed by atoms with Crippen molar-refractivity contribution in [2.45, 2.75) is 20.4 Å². The predicted octanol–water partition coefficient (Wildman–Crippen LogP) is 4.86. The molecule has 7 heteroatoms. The molecule has 0 aliphatic rings. The molecule has 7 nitrogen and oxygen atoms in total. The Hall–Kier alpha value is -4.13. The molecule has 4 rings (SSSR count). The van der Waals surface area contributed by atoms with Gasteiger partial charge in [0.05, 0.1) is 7.11 Å². The van der Waals surface area contributed by atoms with Gasteiger partial charge in [0.15, 0.2) is 11.5 Å². The van der Waals surface area contributed by atoms with E-state index in [0.717, 1.165) is 22.7 Å². The van der Waals surface area contributed by atoms with Crippen LogP contribution in [0.4, 0.5) is 5.82 Å². The van der Waals surface area contributed by atoms with Gasteiger partial charge in [-0.2, -0.15) is 0 Å². The van der Waals surface area contributed by atoms with Crippen LogP contribution in [0.15, 0.2) is 71.7 Å². The van der Waals surface area contributed by atoms with Crippen LogP contribution in [0.25, 0.3) is 11.4 Å². The number of H-pyrrole nitrogens is 1. The average molecular weight is 428 g/mol. The normalized spacial score (nSPS) is 10.6. The summed E-state index contributed by atoms with van der Waals surface area (Å²) in [5.41, 5.74) is 3.05. The molecule has 0 bridgehead atoms. The summed E-state index contributed by atoms with van der Waals surface area (Å²) in [5.74, 6) is 3.34. The number of nitrogens with one attached hydrogen (secondary N) is 2. The summed E-state index contributed by atoms with van der Waals surface area (Å²) < 4.78 is 11.2. The fraction of sp³-hybridized carbons (Fsp3) is 0.160. The molecular weight excluding hydrogens is 404 g/mol. The molecule has 2 aromatic heterocycles. The summed E-state index contributed by atoms with van der Waals surface area (Å²) in [6.45, 7) is 4.19. The lowest BCUT2D eigenvalue weighted by molar-refractivity contribution is 0.379. The molecule has 0 saturated carbocycles. The SMILES string of the molecule is COc1ccccc1Oc1ccc(CNc2ccc(-c3nc(C)c(C)c(=O)[nH]3)cn2)cc1. The third kappa shape index (κ3) is 4.78. The maximum atomic E-state index is 12.0. The van der Waals surface area contributed by atoms with Gasteiger partial charge in [0.2, 0.25) is 0 Å². The molecule has 0 fully saturated rings. The number of aromatic amines is 1. The molecule has 32 heavy (non-hydrogen) atoms. The molecule has 162 valence electrons. The van der Waals surface area contributed by atoms with Crippen molar-refractivity contribution in [1.29, 1.82) is 0 Å². The van der Waals surface area contributed by atoms with Crippen LogP contribution >= 0.6 is 0 Å². The standard InChI is InChI=1S/C25H24N4O3/c1-16-17(2)28-24(29-25(16)30)19-10-13-23(27-15-19)26-14-18-8-11-20(12-9-18)32-22-7-5-4-6-21(22)31-3/h4-13,15H,14H2,1-3H3,(H,26,27)(H,28,29,30). The van der Waals surface area contributed by atoms with E-state index in [9.17, 15) is 4.79 Å². The van der Waals surface area contributed by atoms with Crippen molar-refractivity contribution in [3.05, 3.63) is 94.0 Å². The molecular formula is C25H24N4O3. The number of nitrogens with zero attached hydrogens (tertiary/aromatic N) is 2. The number of aryl methyl sites for hydroxylation is 1. The Kier molecular flexibility index (Phi) is 6.17. The first-order valence-electron chi connectivity index (χ1n) is 10.2. The van der Waals surface area contributed by atoms with Crippen molar-refractivity contribution < 1.29 is 9.47 Å². The lowest BCUT2D eigenvalue weighted by atomic mass is 10.2. The zero-order chi connectivity index (χ0) is 22.5. The number of hydrogen-bond donors (Lipinski definition) is 2. The van der Waals surface area contributed by atoms with E-state index < -0.39 is 0 Å². The predicted molar refractivity (Wildman–Crippen MR) is 124 cm³/mol. The number of rotatable bonds is 7. The van der Waals surface area contributed by atoms with Gasteiger partial charge in [-0.25, -0.2) is 9.97 Å². The van der Waals surface area contributed by atoms with Gasteiger partial charge in [-0.1, -0.05) is 24.3 Å². The minimum Gasteiger partial charge on any atom is -0.493 e. The Labute approximate surface area is 186 Å². The largest absolute Gasteiger partial charge is 0.493 e. The van der Waals surface area contributed by atoms with Crippen molar-refractivity contribution in [1.82, 2.24) is 15.0 Å². The quantitative estimate of drug-likeness (QED) is 0.437. The van der Waals surface area contributed by atoms with Crippen LogP contribution in [-0.4, -0.2) is 22.1 Å². The monoisotopic (exact) mass is 428 g/mol. The molecule has 0 radical (unpaired) electrons. The molecule has 0 spiro atoms. The smallest absolute Gasteiger partial charge is 0.254 e. The van der Waals surface area contributed by atoms with Crippen LogP contribution < -0.4 is 20.3 Å². The summed E-state index contributed by atoms with van der Waals surface area (Å²) >= 11 is 0. The van der Waals surface area contributed by atoms with Gasteiger partial charge in [-0.15, -0.1) is 0 Å². The maximum Gasteiger partial charge on any atom is 0.254 e. The molecule has 0 aliphatic heterocycles. The van der Waals surface area contributed by atoms with E-state index in [2.05, 4.69) is 20.3 Å². The Bertz CT molecular complexity index is 1270. The van der Waals surface area contributed by atoms with Crippen molar-refractivity contribution in [3.63, 3.8) is 0 Å². The van der Waals surface area contributed by atoms with Gasteiger partial charge < -0.3 is 19.8 Å². The van der Waals surface area contributed by atoms with Crippen molar-refractivity contribution in [2.24, 2.45) is 0 Å². The second-order valence-corrected chi connectivity index (χ2v) is 7.31. The lowest BCUT2D eigenvalue weighted by Gasteiger charge is -2.11. The Morgan fingerprint density at radius 1 is 0.969 bits per heavy atom. The second kappa shape index (κ2) is 9.34. The molecule has 0 amide bonds. The van der Waals surface area contributed by atoms with Crippen LogP contribution in [0.5, 0.6) is 17.2 Å². The van der Waals surface area contributed by atoms with Crippen molar-refractivity contribution >= 4 is 5.82 Å². The summed E-state index contributed by atoms with van der Waals surface area (Å²) in [7, 11) is 1.62. The maximum absolute atomic E-state index is 12.0. The molecule has 0 saturated heterocycles. The summed E-state index contributed by atoms with van der Waals surface area (Å²) in [5, 5.41) is 3.29. The highest BCUT2D eigenvalue weighted by atomic mass is 16.5. The van der Waals surface area contributed by atoms with E-state index in [-0.39, 0.29) is 5.56 Å². The highest BCUT2D eigenvalue weighted by Crippen LogP contribution is 2.31. The minimum absolute atomic E-state index is 0.132. The Morgan fingerprint density at radius 3 is 2.38 bits per heavy atom. The van der Waals surface area contributed by atoms with Crippen LogP contribution in [0.1, 0.15) is 16.8 Å². The fourth-order valence-corrected chi connectivity index (χ4v) is 3.12. The molecule has 4 aromatic rings. The van der Waals surface area contributed by atoms with E-state index in [1.165, 1.54) is 0 Å². The molecule has 0 unspecified atom stereocenters. The fourth-order valence-electron chi connectivity index (χ4n) is 3.12. The molecule has 0 atom stereocenters. The summed E-state index contributed by atoms with van der Waals surface area (Å²) in [6.07, 6.45) is 1.69. The summed E-state index contributed by atoms with van der Waals surface area (Å²) in [4.78, 5) is 23.6. The minimum atomic E-state index is -0.132. The highest BCUT2D eigenvalue weighted by Gasteiger charge is 2.07. The van der Waals surface area contributed by atoms with Crippen LogP contribution in [0, 0.1) is 13.8 Å². The van der Waals surface area contributed by atoms with Gasteiger partial charge in [0.25, 0.3) is 5.56 Å². The van der Waals surface area contributed by atoms with Gasteiger partial charge >= 0.3 is 0 Å². The van der Waals surface area contributed by atoms with Crippen molar-refractivity contribution in [3.8, 4) is 28.6 Å². The van der Waals surface area contributed by atoms with Gasteiger partial charge in [-0.3, -0.25) is 4.79 Å². The zero-order valence-electron chi connectivity index (χ0n) is 18.2. The summed E-state index contributed by atoms with van der Waals surface area (Å²) in [6, 6.07) is 19.1. The third-order valence-electron chi connectivity index (χ3n) is 5.13. The number of methoxy groups -OCH3 is 1. The van der Waals surface area contributed by atoms with Crippen LogP contribution in [0.2, 0.25) is 0 Å². The van der Waals surface area contributed by atoms with Crippen LogP contribution in [0.3, 0.4) is 0 Å². The molecule has 2 N–H and O–H groups in total. The Balaban J connectivity index is 1.38. The van der Waals surface area contributed by atoms with Crippen molar-refractivity contribution in [2.75, 3.05) is 12.4 Å². The molecule has 2 aromatic carbocycles. The lowest BCUT2D eigenvalue weighted by Crippen LogP contribution is -2.14. The highest BCUT2D eigenvalue weighted by molar-refractivity contribution is 5.56. The number of ether oxygens (including phenoxy) is 2. The molecule has 0 aliphatic carbocycles. The van der Waals surface area contributed by atoms with Gasteiger partial charge in [0, 0.05) is 29.6 Å². The third-order valence-corrected chi connectivity index (χ3v) is 5.13. The van der Waals surface area contributed by atoms with Gasteiger partial charge in [0.1, 0.15) is 17.4 Å². The zero-order valence-corrected chi connectivity index (χ0v) is 18.2. The topological polar surface area (TPSA) is 89.1 Å². The van der Waals surface area contributed by atoms with Gasteiger partial charge in [-0.05, 0) is 55.8 Å². The first-order chi connectivity index (χ1) is 15.5. The van der Waals surface area contributed by atoms with E-state index in [0.29, 0.717) is 35.1 Å². The number of benzene rings is 2. The molecule has 2 heterocycles.